The van der Waals surface area contributed by atoms with Crippen LogP contribution in [-0.4, -0.2) is 138 Å². The zero-order valence-corrected chi connectivity index (χ0v) is 57.8. The Kier molecular flexibility index (Phi) is 23.8. The van der Waals surface area contributed by atoms with Crippen LogP contribution < -0.4 is 44.6 Å². The van der Waals surface area contributed by atoms with E-state index in [1.54, 1.807) is 6.92 Å². The number of allylic oxidation sites excluding steroid dienone is 6. The molecule has 523 valence electrons. The van der Waals surface area contributed by atoms with Crippen LogP contribution in [-0.2, 0) is 73.5 Å². The first-order valence-corrected chi connectivity index (χ1v) is 32.9. The smallest absolute Gasteiger partial charge is 0.756 e. The predicted octanol–water partition coefficient (Wildman–Crippen LogP) is 3.40. The Hall–Kier alpha value is -7.02. The van der Waals surface area contributed by atoms with Crippen molar-refractivity contribution in [1.82, 2.24) is 14.9 Å². The van der Waals surface area contributed by atoms with Crippen LogP contribution in [0.2, 0.25) is 0 Å². The number of nitrogens with zero attached hydrogens (tertiary/aromatic N) is 6. The Bertz CT molecular complexity index is 3650. The maximum absolute atomic E-state index is 14.4. The molecular weight excluding hydrogens is 1300 g/mol. The molecular formula is C64H92CoN13O16P. The van der Waals surface area contributed by atoms with Crippen LogP contribution >= 0.6 is 7.82 Å². The van der Waals surface area contributed by atoms with Crippen molar-refractivity contribution in [3.05, 3.63) is 69.2 Å². The topological polar surface area (TPSA) is 502 Å². The van der Waals surface area contributed by atoms with Crippen LogP contribution in [0.4, 0.5) is 0 Å². The van der Waals surface area contributed by atoms with Crippen molar-refractivity contribution in [1.29, 1.82) is 0 Å². The Morgan fingerprint density at radius 3 is 1.92 bits per heavy atom. The molecule has 31 heteroatoms. The summed E-state index contributed by atoms with van der Waals surface area (Å²) in [4.78, 5) is 137. The Labute approximate surface area is 562 Å². The molecule has 16 N–H and O–H groups in total. The summed E-state index contributed by atoms with van der Waals surface area (Å²) in [5.41, 5.74) is 36.7. The summed E-state index contributed by atoms with van der Waals surface area (Å²) < 4.78 is 31.9. The van der Waals surface area contributed by atoms with E-state index < -0.39 is 149 Å². The number of aliphatic imine (C=N–C) groups is 3. The maximum Gasteiger partial charge on any atom is 2.00 e. The number of aromatic nitrogens is 2. The van der Waals surface area contributed by atoms with Gasteiger partial charge in [0, 0.05) is 121 Å². The van der Waals surface area contributed by atoms with Gasteiger partial charge in [-0.15, -0.1) is 0 Å². The number of ether oxygens (including phenoxy) is 1. The number of nitrogens with one attached hydrogen (secondary N) is 1. The number of imidazole rings is 1. The molecule has 8 bridgehead atoms. The predicted molar refractivity (Wildman–Crippen MR) is 345 cm³/mol. The van der Waals surface area contributed by atoms with E-state index in [-0.39, 0.29) is 94.0 Å². The normalized spacial score (nSPS) is 32.7. The van der Waals surface area contributed by atoms with Gasteiger partial charge in [-0.2, -0.15) is 5.70 Å². The van der Waals surface area contributed by atoms with Crippen molar-refractivity contribution in [2.45, 2.75) is 196 Å². The first kappa shape index (κ1) is 77.0. The van der Waals surface area contributed by atoms with E-state index in [9.17, 15) is 53.2 Å². The fourth-order valence-electron chi connectivity index (χ4n) is 15.3. The molecule has 0 saturated carbocycles. The van der Waals surface area contributed by atoms with Gasteiger partial charge in [0.05, 0.1) is 30.1 Å². The Balaban J connectivity index is 0.00000278. The summed E-state index contributed by atoms with van der Waals surface area (Å²) >= 11 is 0. The summed E-state index contributed by atoms with van der Waals surface area (Å²) in [6, 6.07) is 2.65. The second kappa shape index (κ2) is 29.4. The van der Waals surface area contributed by atoms with Crippen molar-refractivity contribution in [2.24, 2.45) is 94.7 Å². The van der Waals surface area contributed by atoms with Crippen molar-refractivity contribution in [3.63, 3.8) is 0 Å². The number of nitrogens with two attached hydrogens (primary N) is 6. The third-order valence-corrected chi connectivity index (χ3v) is 21.6. The van der Waals surface area contributed by atoms with Crippen LogP contribution in [0.25, 0.3) is 16.4 Å². The van der Waals surface area contributed by atoms with Gasteiger partial charge in [-0.1, -0.05) is 47.1 Å². The number of carbonyl (C=O) groups excluding carboxylic acids is 7. The number of aliphatic hydroxyl groups is 2. The number of hydrogen-bond acceptors (Lipinski definition) is 19. The zero-order chi connectivity index (χ0) is 70.3. The van der Waals surface area contributed by atoms with Crippen molar-refractivity contribution < 1.29 is 93.7 Å². The van der Waals surface area contributed by atoms with Gasteiger partial charge in [-0.25, -0.2) is 4.98 Å². The van der Waals surface area contributed by atoms with Gasteiger partial charge < -0.3 is 83.6 Å². The fourth-order valence-corrected chi connectivity index (χ4v) is 16.4. The van der Waals surface area contributed by atoms with E-state index in [0.29, 0.717) is 56.4 Å². The quantitative estimate of drug-likeness (QED) is 0.0603. The molecule has 2 unspecified atom stereocenters. The molecule has 6 aliphatic rings. The minimum Gasteiger partial charge on any atom is -0.756 e. The number of hydrogen-bond donors (Lipinski definition) is 10. The molecule has 8 rings (SSSR count). The molecule has 2 aromatic rings. The SMILES string of the molecule is C/C1=C2N=C(/C=C3N=C(/C(C)=C4\[N-][C@@](C)([C@@H]5N=C1[C@](C)(CCC(=O)NCC(C)OP(=O)([O-])O[C@H]1[C@@H](O)[C@@H](n6cnc7cc(C)c(C)cc76)O[C@@H]1CO)[C@H]5CC(N)=O)[C@@](C)(CC(N)=O)[C@@H]4CCC(N)=O)[C@@](C)(CC(N)=O)[C@@H]\3CCC(N)=O)C(C)(C)[C@@H]/2CCC(N)=O.CC(=O)O.[Co+2]. The molecule has 2 fully saturated rings. The Morgan fingerprint density at radius 2 is 1.36 bits per heavy atom. The van der Waals surface area contributed by atoms with Gasteiger partial charge in [-0.3, -0.25) is 57.9 Å². The number of carboxylic acids is 1. The van der Waals surface area contributed by atoms with Crippen molar-refractivity contribution in [3.8, 4) is 0 Å². The average Bonchev–Trinajstić information content (AvgIpc) is 1.53. The molecule has 1 radical (unpaired) electrons. The number of fused-ring (bicyclic) bond motifs is 7. The third kappa shape index (κ3) is 15.7. The number of benzene rings is 1. The van der Waals surface area contributed by atoms with Crippen molar-refractivity contribution in [2.75, 3.05) is 13.2 Å². The standard InChI is InChI=1S/C62H90N13O14P.C2H4O2.Co/c1-29-20-39-40(21-30(29)2)75(28-70-39)57-52(84)53(41(27-76)87-57)89-90(85,86)88-31(3)26-69-49(83)18-19-59(8)37(22-46(66)80)56-62(11)61(10,25-48(68)82)36(14-17-45(65)79)51(74-62)33(5)55-60(9,24-47(67)81)34(12-15-43(63)77)38(71-55)23-42-58(6,7)35(13-16-44(64)78)50(72-42)32(4)54(59)73-56;1-2(3)4;/h20-21,23,28,31,34-37,41,52-53,56-57,76,84H,12-19,22,24-27H2,1-11H3,(H15,63,64,65,66,67,68,69,71,72,73,74,77,78,79,80,81,82,83,85,86);1H3,(H,3,4);/q;;+2/p-2/t31?,34-,35-,36-,37+,41-,52-,53-,56-,57+,59-,60+,61+,62+;;/m1../s1. The third-order valence-electron chi connectivity index (χ3n) is 20.5. The first-order chi connectivity index (χ1) is 43.6. The largest absolute Gasteiger partial charge is 2.00 e. The van der Waals surface area contributed by atoms with Gasteiger partial charge in [0.15, 0.2) is 6.23 Å². The maximum atomic E-state index is 14.4. The minimum absolute atomic E-state index is 0. The second-order valence-corrected chi connectivity index (χ2v) is 28.8. The van der Waals surface area contributed by atoms with E-state index in [2.05, 4.69) is 10.3 Å². The molecule has 29 nitrogen and oxygen atoms in total. The number of aryl methyl sites for hydroxylation is 2. The molecule has 1 aromatic carbocycles. The van der Waals surface area contributed by atoms with E-state index in [4.69, 9.17) is 78.4 Å². The number of phosphoric acid groups is 1. The monoisotopic (exact) mass is 1390 g/mol. The molecule has 15 atom stereocenters. The van der Waals surface area contributed by atoms with Gasteiger partial charge in [0.25, 0.3) is 13.8 Å². The van der Waals surface area contributed by atoms with E-state index in [1.807, 2.05) is 80.5 Å². The molecule has 0 aliphatic carbocycles. The molecule has 0 spiro atoms. The van der Waals surface area contributed by atoms with Gasteiger partial charge in [0.1, 0.15) is 18.3 Å². The summed E-state index contributed by atoms with van der Waals surface area (Å²) in [6.07, 6.45) is -4.79. The minimum atomic E-state index is -5.32. The Morgan fingerprint density at radius 1 is 0.789 bits per heavy atom. The molecule has 7 amide bonds. The summed E-state index contributed by atoms with van der Waals surface area (Å²) in [5.74, 6) is -8.24. The molecule has 7 heterocycles. The molecule has 95 heavy (non-hydrogen) atoms. The number of carboxylic acid groups (broad SMARTS) is 1. The van der Waals surface area contributed by atoms with Crippen LogP contribution in [0.15, 0.2) is 67.8 Å². The summed E-state index contributed by atoms with van der Waals surface area (Å²) in [7, 11) is -5.32. The summed E-state index contributed by atoms with van der Waals surface area (Å²) in [6.45, 7) is 20.0. The number of rotatable bonds is 26. The number of primary amides is 6. The van der Waals surface area contributed by atoms with Crippen molar-refractivity contribution >= 4 is 83.3 Å². The average molecular weight is 1390 g/mol. The van der Waals surface area contributed by atoms with Gasteiger partial charge >= 0.3 is 16.8 Å². The van der Waals surface area contributed by atoms with E-state index in [0.717, 1.165) is 18.1 Å². The number of aliphatic carboxylic acids is 1. The van der Waals surface area contributed by atoms with Crippen LogP contribution in [0.5, 0.6) is 0 Å². The summed E-state index contributed by atoms with van der Waals surface area (Å²) in [5, 5.41) is 37.5. The van der Waals surface area contributed by atoms with Gasteiger partial charge in [0.2, 0.25) is 41.4 Å². The van der Waals surface area contributed by atoms with Crippen LogP contribution in [0, 0.1) is 59.2 Å². The van der Waals surface area contributed by atoms with E-state index in [1.165, 1.54) is 17.8 Å². The first-order valence-electron chi connectivity index (χ1n) is 31.4. The second-order valence-electron chi connectivity index (χ2n) is 27.5. The zero-order valence-electron chi connectivity index (χ0n) is 55.9. The van der Waals surface area contributed by atoms with Crippen LogP contribution in [0.1, 0.15) is 157 Å². The number of aliphatic hydroxyl groups excluding tert-OH is 2. The number of carbonyl (C=O) groups is 8. The molecule has 6 aliphatic heterocycles. The fraction of sp³-hybridized carbons (Fsp3) is 0.625. The molecule has 1 aromatic heterocycles. The van der Waals surface area contributed by atoms with E-state index >= 15 is 0 Å². The van der Waals surface area contributed by atoms with Crippen LogP contribution in [0.3, 0.4) is 0 Å². The molecule has 2 saturated heterocycles. The van der Waals surface area contributed by atoms with Gasteiger partial charge in [-0.05, 0) is 118 Å². The number of amides is 7. The number of phosphoric ester groups is 1.